The summed E-state index contributed by atoms with van der Waals surface area (Å²) in [4.78, 5) is 27.5. The van der Waals surface area contributed by atoms with Crippen LogP contribution >= 0.6 is 11.8 Å². The molecule has 0 aliphatic rings. The van der Waals surface area contributed by atoms with Gasteiger partial charge in [-0.05, 0) is 12.1 Å². The fourth-order valence-corrected chi connectivity index (χ4v) is 1.92. The maximum absolute atomic E-state index is 11.7. The van der Waals surface area contributed by atoms with Crippen LogP contribution < -0.4 is 11.1 Å². The lowest BCUT2D eigenvalue weighted by Gasteiger charge is -2.01. The molecule has 84 valence electrons. The average Bonchev–Trinajstić information content (AvgIpc) is 2.34. The summed E-state index contributed by atoms with van der Waals surface area (Å²) < 4.78 is 0.640. The van der Waals surface area contributed by atoms with Crippen molar-refractivity contribution in [3.8, 4) is 0 Å². The Morgan fingerprint density at radius 2 is 2.00 bits per heavy atom. The molecule has 3 rings (SSSR count). The van der Waals surface area contributed by atoms with Gasteiger partial charge in [0.25, 0.3) is 11.1 Å². The minimum absolute atomic E-state index is 0.102. The number of aromatic amines is 1. The first-order chi connectivity index (χ1) is 8.16. The fourth-order valence-electron chi connectivity index (χ4n) is 1.75. The number of benzene rings is 1. The zero-order valence-electron chi connectivity index (χ0n) is 8.48. The van der Waals surface area contributed by atoms with Gasteiger partial charge in [0, 0.05) is 17.2 Å². The zero-order valence-corrected chi connectivity index (χ0v) is 9.23. The van der Waals surface area contributed by atoms with Gasteiger partial charge in [-0.15, -0.1) is 0 Å². The lowest BCUT2D eigenvalue weighted by Crippen LogP contribution is -2.25. The zero-order chi connectivity index (χ0) is 12.0. The molecule has 0 saturated heterocycles. The molecule has 0 unspecified atom stereocenters. The van der Waals surface area contributed by atoms with E-state index >= 15 is 0 Å². The quantitative estimate of drug-likeness (QED) is 0.608. The molecule has 0 saturated carbocycles. The highest BCUT2D eigenvalue weighted by Gasteiger charge is 2.08. The van der Waals surface area contributed by atoms with Crippen LogP contribution in [-0.4, -0.2) is 14.3 Å². The highest BCUT2D eigenvalue weighted by Crippen LogP contribution is 2.14. The molecule has 1 N–H and O–H groups in total. The van der Waals surface area contributed by atoms with Crippen LogP contribution in [0.25, 0.3) is 21.8 Å². The van der Waals surface area contributed by atoms with Crippen LogP contribution in [0.5, 0.6) is 0 Å². The van der Waals surface area contributed by atoms with Gasteiger partial charge in [-0.3, -0.25) is 9.59 Å². The normalized spacial score (nSPS) is 11.1. The lowest BCUT2D eigenvalue weighted by molar-refractivity contribution is 0.891. The number of nitrogens with zero attached hydrogens (tertiary/aromatic N) is 2. The molecule has 0 atom stereocenters. The first kappa shape index (κ1) is 10.0. The van der Waals surface area contributed by atoms with Crippen molar-refractivity contribution in [3.05, 3.63) is 51.0 Å². The number of para-hydroxylation sites is 1. The second-order valence-corrected chi connectivity index (χ2v) is 3.94. The second kappa shape index (κ2) is 3.43. The topological polar surface area (TPSA) is 67.8 Å². The van der Waals surface area contributed by atoms with Gasteiger partial charge in [-0.2, -0.15) is 4.20 Å². The van der Waals surface area contributed by atoms with Crippen LogP contribution in [0.2, 0.25) is 0 Å². The SMILES string of the molecule is O=c1[nH]n(Cl)c(=O)c2cc3ccccc3nc12. The van der Waals surface area contributed by atoms with Crippen molar-refractivity contribution in [2.24, 2.45) is 0 Å². The Bertz CT molecular complexity index is 851. The molecule has 0 amide bonds. The van der Waals surface area contributed by atoms with Crippen molar-refractivity contribution < 1.29 is 0 Å². The molecule has 6 heteroatoms. The maximum atomic E-state index is 11.7. The van der Waals surface area contributed by atoms with E-state index in [4.69, 9.17) is 11.8 Å². The molecule has 0 aliphatic carbocycles. The van der Waals surface area contributed by atoms with Crippen molar-refractivity contribution >= 4 is 33.6 Å². The van der Waals surface area contributed by atoms with E-state index < -0.39 is 11.1 Å². The number of aromatic nitrogens is 3. The van der Waals surface area contributed by atoms with E-state index in [1.807, 2.05) is 18.2 Å². The second-order valence-electron chi connectivity index (χ2n) is 3.60. The van der Waals surface area contributed by atoms with E-state index in [1.165, 1.54) is 0 Å². The Balaban J connectivity index is 2.65. The number of rotatable bonds is 0. The van der Waals surface area contributed by atoms with Crippen molar-refractivity contribution in [2.45, 2.75) is 0 Å². The van der Waals surface area contributed by atoms with Gasteiger partial charge in [0.2, 0.25) is 0 Å². The van der Waals surface area contributed by atoms with Crippen LogP contribution in [0.1, 0.15) is 0 Å². The predicted octanol–water partition coefficient (Wildman–Crippen LogP) is 1.24. The molecule has 17 heavy (non-hydrogen) atoms. The highest BCUT2D eigenvalue weighted by atomic mass is 35.5. The monoisotopic (exact) mass is 247 g/mol. The Hall–Kier alpha value is -2.14. The number of nitrogens with one attached hydrogen (secondary N) is 1. The van der Waals surface area contributed by atoms with Gasteiger partial charge in [0.1, 0.15) is 5.52 Å². The number of hydrogen-bond acceptors (Lipinski definition) is 3. The third-order valence-corrected chi connectivity index (χ3v) is 2.79. The minimum atomic E-state index is -0.487. The number of fused-ring (bicyclic) bond motifs is 2. The molecular weight excluding hydrogens is 242 g/mol. The van der Waals surface area contributed by atoms with Gasteiger partial charge < -0.3 is 0 Å². The van der Waals surface area contributed by atoms with Gasteiger partial charge in [0.05, 0.1) is 10.9 Å². The van der Waals surface area contributed by atoms with Gasteiger partial charge in [-0.25, -0.2) is 10.1 Å². The molecule has 0 bridgehead atoms. The van der Waals surface area contributed by atoms with Crippen LogP contribution in [0.3, 0.4) is 0 Å². The largest absolute Gasteiger partial charge is 0.290 e. The summed E-state index contributed by atoms with van der Waals surface area (Å²) in [5.74, 6) is 0. The highest BCUT2D eigenvalue weighted by molar-refractivity contribution is 6.15. The van der Waals surface area contributed by atoms with Crippen molar-refractivity contribution in [1.82, 2.24) is 14.3 Å². The molecule has 2 heterocycles. The number of hydrogen-bond donors (Lipinski definition) is 1. The van der Waals surface area contributed by atoms with Crippen molar-refractivity contribution in [3.63, 3.8) is 0 Å². The average molecular weight is 248 g/mol. The smallest absolute Gasteiger partial charge is 0.266 e. The van der Waals surface area contributed by atoms with Crippen LogP contribution in [0.4, 0.5) is 0 Å². The van der Waals surface area contributed by atoms with Crippen molar-refractivity contribution in [2.75, 3.05) is 0 Å². The fraction of sp³-hybridized carbons (Fsp3) is 0. The van der Waals surface area contributed by atoms with E-state index in [1.54, 1.807) is 12.1 Å². The van der Waals surface area contributed by atoms with E-state index in [0.717, 1.165) is 5.39 Å². The minimum Gasteiger partial charge on any atom is -0.266 e. The van der Waals surface area contributed by atoms with Gasteiger partial charge in [-0.1, -0.05) is 18.2 Å². The standard InChI is InChI=1S/C11H6ClN3O2/c12-15-11(17)7-5-6-3-1-2-4-8(6)13-9(7)10(16)14-15/h1-5H,(H,14,16). The van der Waals surface area contributed by atoms with E-state index in [-0.39, 0.29) is 10.9 Å². The summed E-state index contributed by atoms with van der Waals surface area (Å²) in [5.41, 5.74) is -0.206. The first-order valence-corrected chi connectivity index (χ1v) is 5.21. The van der Waals surface area contributed by atoms with Crippen LogP contribution in [0.15, 0.2) is 39.9 Å². The Morgan fingerprint density at radius 3 is 2.82 bits per heavy atom. The number of H-pyrrole nitrogens is 1. The van der Waals surface area contributed by atoms with E-state index in [2.05, 4.69) is 10.1 Å². The Morgan fingerprint density at radius 1 is 1.24 bits per heavy atom. The molecular formula is C11H6ClN3O2. The van der Waals surface area contributed by atoms with Gasteiger partial charge >= 0.3 is 0 Å². The molecule has 0 radical (unpaired) electrons. The molecule has 0 fully saturated rings. The van der Waals surface area contributed by atoms with Gasteiger partial charge in [0.15, 0.2) is 0 Å². The molecule has 0 aliphatic heterocycles. The molecule has 0 spiro atoms. The first-order valence-electron chi connectivity index (χ1n) is 4.88. The predicted molar refractivity (Wildman–Crippen MR) is 65.4 cm³/mol. The molecule has 1 aromatic carbocycles. The summed E-state index contributed by atoms with van der Waals surface area (Å²) in [6.45, 7) is 0. The summed E-state index contributed by atoms with van der Waals surface area (Å²) in [6, 6.07) is 8.87. The van der Waals surface area contributed by atoms with Crippen LogP contribution in [0, 0.1) is 0 Å². The third kappa shape index (κ3) is 1.43. The van der Waals surface area contributed by atoms with E-state index in [0.29, 0.717) is 9.72 Å². The number of halogens is 1. The Labute approximate surface area is 99.4 Å². The number of pyridine rings is 1. The lowest BCUT2D eigenvalue weighted by atomic mass is 10.2. The van der Waals surface area contributed by atoms with Crippen molar-refractivity contribution in [1.29, 1.82) is 0 Å². The summed E-state index contributed by atoms with van der Waals surface area (Å²) in [6.07, 6.45) is 0. The summed E-state index contributed by atoms with van der Waals surface area (Å²) >= 11 is 5.56. The molecule has 2 aromatic heterocycles. The summed E-state index contributed by atoms with van der Waals surface area (Å²) in [7, 11) is 0. The van der Waals surface area contributed by atoms with E-state index in [9.17, 15) is 9.59 Å². The van der Waals surface area contributed by atoms with Crippen LogP contribution in [-0.2, 0) is 0 Å². The Kier molecular flexibility index (Phi) is 2.02. The molecule has 5 nitrogen and oxygen atoms in total. The maximum Gasteiger partial charge on any atom is 0.290 e. The third-order valence-electron chi connectivity index (χ3n) is 2.55. The summed E-state index contributed by atoms with van der Waals surface area (Å²) in [5, 5.41) is 3.20. The molecule has 3 aromatic rings.